The summed E-state index contributed by atoms with van der Waals surface area (Å²) in [5.74, 6) is 7.24. The number of hydrogen-bond donors (Lipinski definition) is 1. The lowest BCUT2D eigenvalue weighted by Crippen LogP contribution is -2.38. The van der Waals surface area contributed by atoms with Crippen molar-refractivity contribution in [3.63, 3.8) is 0 Å². The van der Waals surface area contributed by atoms with Gasteiger partial charge in [-0.05, 0) is 55.7 Å². The normalized spacial score (nSPS) is 20.4. The Labute approximate surface area is 169 Å². The van der Waals surface area contributed by atoms with Gasteiger partial charge in [0, 0.05) is 21.7 Å². The molecule has 1 nitrogen and oxygen atoms in total. The second-order valence-corrected chi connectivity index (χ2v) is 8.73. The van der Waals surface area contributed by atoms with Gasteiger partial charge in [0.15, 0.2) is 0 Å². The Morgan fingerprint density at radius 2 is 1.54 bits per heavy atom. The largest absolute Gasteiger partial charge is 0.301 e. The average molecular weight is 392 g/mol. The summed E-state index contributed by atoms with van der Waals surface area (Å²) < 4.78 is 0. The molecular weight excluding hydrogens is 361 g/mol. The SMILES string of the molecule is CCC(C#Cc1cc(Cl)c(C2CCCCC2)c(Cl)c1)NC1CCCCC1. The molecule has 1 aromatic carbocycles. The van der Waals surface area contributed by atoms with Gasteiger partial charge in [-0.3, -0.25) is 0 Å². The summed E-state index contributed by atoms with van der Waals surface area (Å²) in [4.78, 5) is 0. The van der Waals surface area contributed by atoms with Crippen molar-refractivity contribution in [2.75, 3.05) is 0 Å². The lowest BCUT2D eigenvalue weighted by molar-refractivity contribution is 0.355. The molecule has 0 aliphatic heterocycles. The summed E-state index contributed by atoms with van der Waals surface area (Å²) in [5.41, 5.74) is 2.08. The summed E-state index contributed by atoms with van der Waals surface area (Å²) in [6.45, 7) is 2.20. The van der Waals surface area contributed by atoms with Gasteiger partial charge >= 0.3 is 0 Å². The Morgan fingerprint density at radius 3 is 2.12 bits per heavy atom. The lowest BCUT2D eigenvalue weighted by Gasteiger charge is -2.25. The fourth-order valence-corrected chi connectivity index (χ4v) is 5.22. The maximum atomic E-state index is 6.60. The van der Waals surface area contributed by atoms with E-state index >= 15 is 0 Å². The van der Waals surface area contributed by atoms with Crippen LogP contribution in [0.4, 0.5) is 0 Å². The van der Waals surface area contributed by atoms with E-state index in [1.54, 1.807) is 0 Å². The van der Waals surface area contributed by atoms with E-state index in [-0.39, 0.29) is 6.04 Å². The molecule has 0 bridgehead atoms. The van der Waals surface area contributed by atoms with Gasteiger partial charge in [-0.25, -0.2) is 0 Å². The summed E-state index contributed by atoms with van der Waals surface area (Å²) in [6.07, 6.45) is 14.0. The molecule has 2 aliphatic rings. The first-order chi connectivity index (χ1) is 12.7. The zero-order valence-electron chi connectivity index (χ0n) is 15.9. The van der Waals surface area contributed by atoms with E-state index in [9.17, 15) is 0 Å². The molecule has 0 heterocycles. The zero-order valence-corrected chi connectivity index (χ0v) is 17.4. The fraction of sp³-hybridized carbons (Fsp3) is 0.652. The molecule has 0 aromatic heterocycles. The van der Waals surface area contributed by atoms with Crippen LogP contribution in [0.5, 0.6) is 0 Å². The molecule has 3 heteroatoms. The minimum Gasteiger partial charge on any atom is -0.301 e. The first kappa shape index (κ1) is 20.1. The van der Waals surface area contributed by atoms with Crippen LogP contribution in [0.1, 0.15) is 94.6 Å². The molecule has 0 spiro atoms. The van der Waals surface area contributed by atoms with E-state index in [4.69, 9.17) is 23.2 Å². The molecule has 0 saturated heterocycles. The molecule has 2 saturated carbocycles. The standard InChI is InChI=1S/C23H31Cl2N/c1-2-19(26-20-11-7-4-8-12-20)14-13-17-15-21(24)23(22(25)16-17)18-9-5-3-6-10-18/h15-16,18-20,26H,2-12H2,1H3. The van der Waals surface area contributed by atoms with E-state index in [1.165, 1.54) is 64.2 Å². The van der Waals surface area contributed by atoms with E-state index in [0.717, 1.165) is 27.6 Å². The van der Waals surface area contributed by atoms with Crippen LogP contribution in [0, 0.1) is 11.8 Å². The molecule has 142 valence electrons. The lowest BCUT2D eigenvalue weighted by atomic mass is 9.84. The van der Waals surface area contributed by atoms with Gasteiger partial charge < -0.3 is 5.32 Å². The van der Waals surface area contributed by atoms with Crippen molar-refractivity contribution in [2.45, 2.75) is 95.6 Å². The Hall–Kier alpha value is -0.680. The van der Waals surface area contributed by atoms with Gasteiger partial charge in [-0.15, -0.1) is 0 Å². The summed E-state index contributed by atoms with van der Waals surface area (Å²) in [6, 6.07) is 4.90. The van der Waals surface area contributed by atoms with Crippen LogP contribution >= 0.6 is 23.2 Å². The topological polar surface area (TPSA) is 12.0 Å². The quantitative estimate of drug-likeness (QED) is 0.539. The molecular formula is C23H31Cl2N. The third kappa shape index (κ3) is 5.41. The minimum atomic E-state index is 0.244. The molecule has 2 fully saturated rings. The predicted octanol–water partition coefficient (Wildman–Crippen LogP) is 7.09. The fourth-order valence-electron chi connectivity index (χ4n) is 4.42. The number of halogens is 2. The highest BCUT2D eigenvalue weighted by atomic mass is 35.5. The van der Waals surface area contributed by atoms with E-state index in [0.29, 0.717) is 12.0 Å². The molecule has 1 atom stereocenters. The van der Waals surface area contributed by atoms with Crippen LogP contribution < -0.4 is 5.32 Å². The molecule has 1 unspecified atom stereocenters. The monoisotopic (exact) mass is 391 g/mol. The van der Waals surface area contributed by atoms with Gasteiger partial charge in [0.25, 0.3) is 0 Å². The maximum absolute atomic E-state index is 6.60. The van der Waals surface area contributed by atoms with Gasteiger partial charge in [0.05, 0.1) is 6.04 Å². The van der Waals surface area contributed by atoms with Crippen LogP contribution in [0.25, 0.3) is 0 Å². The van der Waals surface area contributed by atoms with Crippen molar-refractivity contribution in [2.24, 2.45) is 0 Å². The molecule has 0 radical (unpaired) electrons. The van der Waals surface area contributed by atoms with Gasteiger partial charge in [0.1, 0.15) is 0 Å². The third-order valence-corrected chi connectivity index (χ3v) is 6.56. The highest BCUT2D eigenvalue weighted by Crippen LogP contribution is 2.40. The Bertz CT molecular complexity index is 623. The Kier molecular flexibility index (Phi) is 7.74. The first-order valence-electron chi connectivity index (χ1n) is 10.4. The van der Waals surface area contributed by atoms with Crippen LogP contribution in [0.15, 0.2) is 12.1 Å². The summed E-state index contributed by atoms with van der Waals surface area (Å²) in [7, 11) is 0. The second kappa shape index (κ2) is 10.0. The van der Waals surface area contributed by atoms with Gasteiger partial charge in [0.2, 0.25) is 0 Å². The molecule has 1 N–H and O–H groups in total. The van der Waals surface area contributed by atoms with Crippen LogP contribution in [-0.2, 0) is 0 Å². The smallest absolute Gasteiger partial charge is 0.0692 e. The van der Waals surface area contributed by atoms with Crippen molar-refractivity contribution in [1.29, 1.82) is 0 Å². The van der Waals surface area contributed by atoms with Gasteiger partial charge in [-0.1, -0.05) is 80.5 Å². The third-order valence-electron chi connectivity index (χ3n) is 5.93. The van der Waals surface area contributed by atoms with Crippen molar-refractivity contribution in [1.82, 2.24) is 5.32 Å². The van der Waals surface area contributed by atoms with Gasteiger partial charge in [-0.2, -0.15) is 0 Å². The summed E-state index contributed by atoms with van der Waals surface area (Å²) in [5, 5.41) is 5.32. The van der Waals surface area contributed by atoms with Crippen LogP contribution in [0.3, 0.4) is 0 Å². The Morgan fingerprint density at radius 1 is 0.962 bits per heavy atom. The molecule has 1 aromatic rings. The highest BCUT2D eigenvalue weighted by molar-refractivity contribution is 6.36. The number of hydrogen-bond acceptors (Lipinski definition) is 1. The van der Waals surface area contributed by atoms with Crippen LogP contribution in [-0.4, -0.2) is 12.1 Å². The molecule has 26 heavy (non-hydrogen) atoms. The van der Waals surface area contributed by atoms with E-state index in [1.807, 2.05) is 12.1 Å². The number of nitrogens with one attached hydrogen (secondary N) is 1. The van der Waals surface area contributed by atoms with Crippen molar-refractivity contribution >= 4 is 23.2 Å². The van der Waals surface area contributed by atoms with Crippen LogP contribution in [0.2, 0.25) is 10.0 Å². The molecule has 2 aliphatic carbocycles. The van der Waals surface area contributed by atoms with E-state index in [2.05, 4.69) is 24.1 Å². The zero-order chi connectivity index (χ0) is 18.4. The van der Waals surface area contributed by atoms with Crippen molar-refractivity contribution in [3.05, 3.63) is 33.3 Å². The highest BCUT2D eigenvalue weighted by Gasteiger charge is 2.21. The number of benzene rings is 1. The second-order valence-electron chi connectivity index (χ2n) is 7.92. The van der Waals surface area contributed by atoms with Crippen molar-refractivity contribution in [3.8, 4) is 11.8 Å². The Balaban J connectivity index is 1.70. The maximum Gasteiger partial charge on any atom is 0.0692 e. The average Bonchev–Trinajstić information content (AvgIpc) is 2.66. The summed E-state index contributed by atoms with van der Waals surface area (Å²) >= 11 is 13.2. The predicted molar refractivity (Wildman–Crippen MR) is 113 cm³/mol. The van der Waals surface area contributed by atoms with E-state index < -0.39 is 0 Å². The molecule has 0 amide bonds. The molecule has 3 rings (SSSR count). The minimum absolute atomic E-state index is 0.244. The van der Waals surface area contributed by atoms with Crippen molar-refractivity contribution < 1.29 is 0 Å². The first-order valence-corrected chi connectivity index (χ1v) is 11.2. The number of rotatable bonds is 4.